The van der Waals surface area contributed by atoms with Gasteiger partial charge in [0.1, 0.15) is 0 Å². The van der Waals surface area contributed by atoms with E-state index in [-0.39, 0.29) is 23.7 Å². The van der Waals surface area contributed by atoms with E-state index in [1.54, 1.807) is 29.2 Å². The van der Waals surface area contributed by atoms with Gasteiger partial charge in [0, 0.05) is 24.8 Å². The molecule has 0 atom stereocenters. The summed E-state index contributed by atoms with van der Waals surface area (Å²) < 4.78 is 7.01. The molecule has 2 heterocycles. The molecule has 0 bridgehead atoms. The number of rotatable bonds is 6. The molecule has 1 fully saturated rings. The number of hydrogen-bond donors (Lipinski definition) is 2. The number of fused-ring (bicyclic) bond motifs is 1. The van der Waals surface area contributed by atoms with Crippen LogP contribution in [0.3, 0.4) is 0 Å². The summed E-state index contributed by atoms with van der Waals surface area (Å²) in [5, 5.41) is 2.88. The Bertz CT molecular complexity index is 1140. The van der Waals surface area contributed by atoms with Gasteiger partial charge in [-0.3, -0.25) is 4.57 Å². The predicted molar refractivity (Wildman–Crippen MR) is 123 cm³/mol. The lowest BCUT2D eigenvalue weighted by Crippen LogP contribution is -2.42. The third-order valence-corrected chi connectivity index (χ3v) is 5.84. The molecule has 4 rings (SSSR count). The number of para-hydroxylation sites is 2. The van der Waals surface area contributed by atoms with Crippen LogP contribution < -0.4 is 11.0 Å². The van der Waals surface area contributed by atoms with Crippen molar-refractivity contribution in [3.8, 4) is 0 Å². The van der Waals surface area contributed by atoms with Crippen molar-refractivity contribution in [1.82, 2.24) is 14.5 Å². The van der Waals surface area contributed by atoms with E-state index in [9.17, 15) is 14.4 Å². The molecular formula is C24H28N4O4. The van der Waals surface area contributed by atoms with Gasteiger partial charge in [-0.1, -0.05) is 25.5 Å². The summed E-state index contributed by atoms with van der Waals surface area (Å²) in [6.07, 6.45) is 3.22. The number of amides is 2. The van der Waals surface area contributed by atoms with Crippen molar-refractivity contribution in [2.24, 2.45) is 0 Å². The fourth-order valence-corrected chi connectivity index (χ4v) is 4.05. The number of imidazole rings is 1. The number of urea groups is 1. The van der Waals surface area contributed by atoms with Crippen molar-refractivity contribution < 1.29 is 14.3 Å². The van der Waals surface area contributed by atoms with E-state index in [4.69, 9.17) is 4.74 Å². The third kappa shape index (κ3) is 4.69. The minimum Gasteiger partial charge on any atom is -0.462 e. The number of carbonyl (C=O) groups excluding carboxylic acids is 2. The lowest BCUT2D eigenvalue weighted by atomic mass is 10.0. The smallest absolute Gasteiger partial charge is 0.338 e. The second-order valence-corrected chi connectivity index (χ2v) is 8.03. The van der Waals surface area contributed by atoms with Crippen LogP contribution in [0.2, 0.25) is 0 Å². The standard InChI is InChI=1S/C24H28N4O4/c1-2-3-16-32-22(29)17-8-10-18(11-9-17)25-23(30)27-14-12-19(13-15-27)28-21-7-5-4-6-20(21)26-24(28)31/h4-11,19H,2-3,12-16H2,1H3,(H,25,30)(H,26,31). The molecule has 0 aliphatic carbocycles. The Labute approximate surface area is 186 Å². The Morgan fingerprint density at radius 1 is 1.09 bits per heavy atom. The van der Waals surface area contributed by atoms with Gasteiger partial charge in [-0.05, 0) is 55.7 Å². The van der Waals surface area contributed by atoms with Gasteiger partial charge in [-0.15, -0.1) is 0 Å². The molecular weight excluding hydrogens is 408 g/mol. The average Bonchev–Trinajstić information content (AvgIpc) is 3.15. The summed E-state index contributed by atoms with van der Waals surface area (Å²) in [6.45, 7) is 3.57. The van der Waals surface area contributed by atoms with Gasteiger partial charge >= 0.3 is 17.7 Å². The number of anilines is 1. The minimum absolute atomic E-state index is 0.0562. The Balaban J connectivity index is 1.32. The van der Waals surface area contributed by atoms with E-state index in [1.165, 1.54) is 0 Å². The van der Waals surface area contributed by atoms with Gasteiger partial charge < -0.3 is 19.9 Å². The van der Waals surface area contributed by atoms with Crippen LogP contribution in [-0.2, 0) is 4.74 Å². The van der Waals surface area contributed by atoms with Crippen LogP contribution in [0.25, 0.3) is 11.0 Å². The summed E-state index contributed by atoms with van der Waals surface area (Å²) in [6, 6.07) is 14.2. The summed E-state index contributed by atoms with van der Waals surface area (Å²) in [5.74, 6) is -0.356. The highest BCUT2D eigenvalue weighted by Gasteiger charge is 2.26. The Morgan fingerprint density at radius 2 is 1.81 bits per heavy atom. The van der Waals surface area contributed by atoms with Crippen molar-refractivity contribution >= 4 is 28.7 Å². The number of nitrogens with one attached hydrogen (secondary N) is 2. The summed E-state index contributed by atoms with van der Waals surface area (Å²) in [5.41, 5.74) is 2.70. The molecule has 3 aromatic rings. The molecule has 0 unspecified atom stereocenters. The van der Waals surface area contributed by atoms with Crippen LogP contribution in [0.5, 0.6) is 0 Å². The number of benzene rings is 2. The first-order valence-electron chi connectivity index (χ1n) is 11.1. The number of likely N-dealkylation sites (tertiary alicyclic amines) is 1. The maximum absolute atomic E-state index is 12.7. The second kappa shape index (κ2) is 9.72. The number of ether oxygens (including phenoxy) is 1. The lowest BCUT2D eigenvalue weighted by molar-refractivity contribution is 0.0499. The molecule has 8 nitrogen and oxygen atoms in total. The molecule has 2 N–H and O–H groups in total. The van der Waals surface area contributed by atoms with E-state index in [1.807, 2.05) is 35.8 Å². The van der Waals surface area contributed by atoms with Crippen LogP contribution in [0.15, 0.2) is 53.3 Å². The third-order valence-electron chi connectivity index (χ3n) is 5.84. The monoisotopic (exact) mass is 436 g/mol. The predicted octanol–water partition coefficient (Wildman–Crippen LogP) is 4.16. The summed E-state index contributed by atoms with van der Waals surface area (Å²) >= 11 is 0. The van der Waals surface area contributed by atoms with Crippen molar-refractivity contribution in [2.45, 2.75) is 38.6 Å². The van der Waals surface area contributed by atoms with Crippen LogP contribution in [-0.4, -0.2) is 46.1 Å². The van der Waals surface area contributed by atoms with E-state index in [2.05, 4.69) is 10.3 Å². The molecule has 1 aliphatic rings. The molecule has 1 aliphatic heterocycles. The zero-order chi connectivity index (χ0) is 22.5. The van der Waals surface area contributed by atoms with Crippen LogP contribution in [0.1, 0.15) is 49.0 Å². The van der Waals surface area contributed by atoms with Gasteiger partial charge in [-0.2, -0.15) is 0 Å². The van der Waals surface area contributed by atoms with E-state index >= 15 is 0 Å². The molecule has 0 saturated carbocycles. The first-order chi connectivity index (χ1) is 15.6. The number of carbonyl (C=O) groups is 2. The highest BCUT2D eigenvalue weighted by molar-refractivity contribution is 5.92. The zero-order valence-corrected chi connectivity index (χ0v) is 18.2. The molecule has 1 aromatic heterocycles. The number of H-pyrrole nitrogens is 1. The second-order valence-electron chi connectivity index (χ2n) is 8.03. The van der Waals surface area contributed by atoms with E-state index in [0.717, 1.165) is 23.9 Å². The number of aromatic amines is 1. The largest absolute Gasteiger partial charge is 0.462 e. The fourth-order valence-electron chi connectivity index (χ4n) is 4.05. The van der Waals surface area contributed by atoms with Crippen LogP contribution >= 0.6 is 0 Å². The van der Waals surface area contributed by atoms with Crippen LogP contribution in [0, 0.1) is 0 Å². The first kappa shape index (κ1) is 21.7. The molecule has 8 heteroatoms. The molecule has 2 aromatic carbocycles. The fraction of sp³-hybridized carbons (Fsp3) is 0.375. The van der Waals surface area contributed by atoms with E-state index < -0.39 is 0 Å². The molecule has 1 saturated heterocycles. The number of nitrogens with zero attached hydrogens (tertiary/aromatic N) is 2. The number of aromatic nitrogens is 2. The van der Waals surface area contributed by atoms with Gasteiger partial charge in [-0.25, -0.2) is 14.4 Å². The maximum Gasteiger partial charge on any atom is 0.338 e. The highest BCUT2D eigenvalue weighted by Crippen LogP contribution is 2.25. The normalized spacial score (nSPS) is 14.5. The van der Waals surface area contributed by atoms with Gasteiger partial charge in [0.05, 0.1) is 23.2 Å². The SMILES string of the molecule is CCCCOC(=O)c1ccc(NC(=O)N2CCC(n3c(=O)[nH]c4ccccc43)CC2)cc1. The van der Waals surface area contributed by atoms with Crippen molar-refractivity contribution in [1.29, 1.82) is 0 Å². The number of piperidine rings is 1. The van der Waals surface area contributed by atoms with Gasteiger partial charge in [0.2, 0.25) is 0 Å². The molecule has 0 radical (unpaired) electrons. The van der Waals surface area contributed by atoms with Crippen molar-refractivity contribution in [3.63, 3.8) is 0 Å². The lowest BCUT2D eigenvalue weighted by Gasteiger charge is -2.32. The summed E-state index contributed by atoms with van der Waals surface area (Å²) in [7, 11) is 0. The van der Waals surface area contributed by atoms with Gasteiger partial charge in [0.15, 0.2) is 0 Å². The Morgan fingerprint density at radius 3 is 2.53 bits per heavy atom. The van der Waals surface area contributed by atoms with Crippen molar-refractivity contribution in [3.05, 3.63) is 64.6 Å². The molecule has 0 spiro atoms. The van der Waals surface area contributed by atoms with E-state index in [0.29, 0.717) is 43.8 Å². The highest BCUT2D eigenvalue weighted by atomic mass is 16.5. The Kier molecular flexibility index (Phi) is 6.58. The average molecular weight is 437 g/mol. The molecule has 168 valence electrons. The zero-order valence-electron chi connectivity index (χ0n) is 18.2. The van der Waals surface area contributed by atoms with Crippen LogP contribution in [0.4, 0.5) is 10.5 Å². The molecule has 32 heavy (non-hydrogen) atoms. The first-order valence-corrected chi connectivity index (χ1v) is 11.1. The number of esters is 1. The Hall–Kier alpha value is -3.55. The quantitative estimate of drug-likeness (QED) is 0.448. The maximum atomic E-state index is 12.7. The number of hydrogen-bond acceptors (Lipinski definition) is 4. The topological polar surface area (TPSA) is 96.4 Å². The molecule has 2 amide bonds. The van der Waals surface area contributed by atoms with Crippen molar-refractivity contribution in [2.75, 3.05) is 25.0 Å². The number of unbranched alkanes of at least 4 members (excludes halogenated alkanes) is 1. The minimum atomic E-state index is -0.356. The summed E-state index contributed by atoms with van der Waals surface area (Å²) in [4.78, 5) is 41.7. The van der Waals surface area contributed by atoms with Gasteiger partial charge in [0.25, 0.3) is 0 Å².